The molecule has 0 saturated heterocycles. The highest BCUT2D eigenvalue weighted by molar-refractivity contribution is 9.10. The molecular weight excluding hydrogens is 338 g/mol. The van der Waals surface area contributed by atoms with Gasteiger partial charge in [-0.15, -0.1) is 0 Å². The van der Waals surface area contributed by atoms with Crippen molar-refractivity contribution in [1.29, 1.82) is 0 Å². The summed E-state index contributed by atoms with van der Waals surface area (Å²) in [6.45, 7) is 1.80. The summed E-state index contributed by atoms with van der Waals surface area (Å²) in [7, 11) is 0. The zero-order valence-electron chi connectivity index (χ0n) is 11.1. The van der Waals surface area contributed by atoms with Gasteiger partial charge in [0, 0.05) is 10.0 Å². The van der Waals surface area contributed by atoms with Crippen LogP contribution in [0.5, 0.6) is 5.75 Å². The van der Waals surface area contributed by atoms with E-state index in [9.17, 15) is 14.7 Å². The van der Waals surface area contributed by atoms with Crippen LogP contribution in [0.15, 0.2) is 40.9 Å². The molecule has 1 amide bonds. The summed E-state index contributed by atoms with van der Waals surface area (Å²) < 4.78 is 0.767. The first kappa shape index (κ1) is 15.1. The highest BCUT2D eigenvalue weighted by Gasteiger charge is 2.13. The number of phenols is 1. The first-order valence-electron chi connectivity index (χ1n) is 6.02. The van der Waals surface area contributed by atoms with Gasteiger partial charge in [0.25, 0.3) is 5.91 Å². The molecule has 108 valence electrons. The fourth-order valence-corrected chi connectivity index (χ4v) is 2.16. The summed E-state index contributed by atoms with van der Waals surface area (Å²) in [5, 5.41) is 21.2. The number of phenolic OH excluding ortho intramolecular Hbond substituents is 1. The van der Waals surface area contributed by atoms with Crippen molar-refractivity contribution in [2.45, 2.75) is 6.92 Å². The van der Waals surface area contributed by atoms with Gasteiger partial charge in [-0.05, 0) is 42.8 Å². The molecule has 0 heterocycles. The number of anilines is 1. The maximum atomic E-state index is 12.2. The molecule has 2 aromatic carbocycles. The summed E-state index contributed by atoms with van der Waals surface area (Å²) in [6.07, 6.45) is 0. The molecule has 0 fully saturated rings. The molecule has 21 heavy (non-hydrogen) atoms. The molecule has 0 atom stereocenters. The number of carbonyl (C=O) groups is 2. The van der Waals surface area contributed by atoms with Crippen LogP contribution in [0.25, 0.3) is 0 Å². The van der Waals surface area contributed by atoms with Crippen molar-refractivity contribution >= 4 is 33.5 Å². The molecule has 0 aliphatic rings. The van der Waals surface area contributed by atoms with E-state index in [1.165, 1.54) is 12.1 Å². The number of benzene rings is 2. The quantitative estimate of drug-likeness (QED) is 0.741. The third-order valence-corrected chi connectivity index (χ3v) is 3.43. The minimum absolute atomic E-state index is 0.0517. The van der Waals surface area contributed by atoms with Gasteiger partial charge in [-0.1, -0.05) is 22.0 Å². The number of nitrogens with one attached hydrogen (secondary N) is 1. The highest BCUT2D eigenvalue weighted by atomic mass is 79.9. The molecule has 0 radical (unpaired) electrons. The van der Waals surface area contributed by atoms with Crippen molar-refractivity contribution in [3.63, 3.8) is 0 Å². The van der Waals surface area contributed by atoms with Crippen LogP contribution in [0.4, 0.5) is 5.69 Å². The summed E-state index contributed by atoms with van der Waals surface area (Å²) in [5.41, 5.74) is 1.36. The first-order valence-corrected chi connectivity index (χ1v) is 6.81. The van der Waals surface area contributed by atoms with E-state index in [1.807, 2.05) is 6.07 Å². The molecule has 0 bridgehead atoms. The van der Waals surface area contributed by atoms with Crippen LogP contribution in [-0.4, -0.2) is 22.1 Å². The maximum Gasteiger partial charge on any atom is 0.335 e. The number of amides is 1. The Kier molecular flexibility index (Phi) is 4.28. The van der Waals surface area contributed by atoms with Crippen LogP contribution in [-0.2, 0) is 0 Å². The first-order chi connectivity index (χ1) is 9.88. The van der Waals surface area contributed by atoms with Crippen molar-refractivity contribution in [3.8, 4) is 5.75 Å². The number of carboxylic acid groups (broad SMARTS) is 1. The monoisotopic (exact) mass is 349 g/mol. The van der Waals surface area contributed by atoms with Gasteiger partial charge in [0.15, 0.2) is 0 Å². The minimum Gasteiger partial charge on any atom is -0.506 e. The van der Waals surface area contributed by atoms with E-state index in [0.29, 0.717) is 5.56 Å². The van der Waals surface area contributed by atoms with E-state index in [4.69, 9.17) is 5.11 Å². The van der Waals surface area contributed by atoms with Crippen LogP contribution in [0.2, 0.25) is 0 Å². The topological polar surface area (TPSA) is 86.6 Å². The largest absolute Gasteiger partial charge is 0.506 e. The van der Waals surface area contributed by atoms with Crippen LogP contribution < -0.4 is 5.32 Å². The molecule has 5 nitrogen and oxygen atoms in total. The average Bonchev–Trinajstić information content (AvgIpc) is 2.43. The summed E-state index contributed by atoms with van der Waals surface area (Å²) in [4.78, 5) is 23.0. The third-order valence-electron chi connectivity index (χ3n) is 2.94. The Labute approximate surface area is 129 Å². The number of aromatic carboxylic acids is 1. The van der Waals surface area contributed by atoms with Gasteiger partial charge in [0.05, 0.1) is 11.3 Å². The highest BCUT2D eigenvalue weighted by Crippen LogP contribution is 2.25. The van der Waals surface area contributed by atoms with E-state index in [0.717, 1.165) is 16.1 Å². The lowest BCUT2D eigenvalue weighted by Crippen LogP contribution is -2.13. The zero-order valence-corrected chi connectivity index (χ0v) is 12.6. The van der Waals surface area contributed by atoms with Crippen molar-refractivity contribution in [2.24, 2.45) is 0 Å². The molecule has 0 aliphatic carbocycles. The van der Waals surface area contributed by atoms with Crippen molar-refractivity contribution in [2.75, 3.05) is 5.32 Å². The number of hydrogen-bond acceptors (Lipinski definition) is 3. The van der Waals surface area contributed by atoms with Gasteiger partial charge >= 0.3 is 5.97 Å². The maximum absolute atomic E-state index is 12.2. The van der Waals surface area contributed by atoms with Crippen LogP contribution >= 0.6 is 15.9 Å². The fourth-order valence-electron chi connectivity index (χ4n) is 1.80. The summed E-state index contributed by atoms with van der Waals surface area (Å²) in [6, 6.07) is 9.05. The van der Waals surface area contributed by atoms with Gasteiger partial charge < -0.3 is 15.5 Å². The SMILES string of the molecule is Cc1ccc(Br)cc1C(=O)Nc1ccc(C(=O)O)cc1O. The van der Waals surface area contributed by atoms with Gasteiger partial charge in [0.2, 0.25) is 0 Å². The number of carbonyl (C=O) groups excluding carboxylic acids is 1. The molecule has 0 aromatic heterocycles. The fraction of sp³-hybridized carbons (Fsp3) is 0.0667. The second-order valence-corrected chi connectivity index (χ2v) is 5.37. The number of aromatic hydroxyl groups is 1. The van der Waals surface area contributed by atoms with Crippen molar-refractivity contribution in [1.82, 2.24) is 0 Å². The molecule has 0 aliphatic heterocycles. The second-order valence-electron chi connectivity index (χ2n) is 4.45. The second kappa shape index (κ2) is 5.97. The minimum atomic E-state index is -1.15. The molecular formula is C15H12BrNO4. The molecule has 0 spiro atoms. The van der Waals surface area contributed by atoms with Crippen molar-refractivity contribution in [3.05, 3.63) is 57.6 Å². The smallest absolute Gasteiger partial charge is 0.335 e. The normalized spacial score (nSPS) is 10.2. The van der Waals surface area contributed by atoms with Gasteiger partial charge in [-0.25, -0.2) is 4.79 Å². The molecule has 0 saturated carbocycles. The van der Waals surface area contributed by atoms with E-state index < -0.39 is 5.97 Å². The van der Waals surface area contributed by atoms with Crippen molar-refractivity contribution < 1.29 is 19.8 Å². The Morgan fingerprint density at radius 3 is 2.48 bits per heavy atom. The Morgan fingerprint density at radius 1 is 1.14 bits per heavy atom. The number of rotatable bonds is 3. The van der Waals surface area contributed by atoms with E-state index in [2.05, 4.69) is 21.2 Å². The van der Waals surface area contributed by atoms with E-state index >= 15 is 0 Å². The van der Waals surface area contributed by atoms with Crippen LogP contribution in [0.3, 0.4) is 0 Å². The lowest BCUT2D eigenvalue weighted by atomic mass is 10.1. The zero-order chi connectivity index (χ0) is 15.6. The van der Waals surface area contributed by atoms with Crippen LogP contribution in [0, 0.1) is 6.92 Å². The van der Waals surface area contributed by atoms with Gasteiger partial charge in [-0.3, -0.25) is 4.79 Å². The molecule has 6 heteroatoms. The summed E-state index contributed by atoms with van der Waals surface area (Å²) in [5.74, 6) is -1.82. The molecule has 2 aromatic rings. The lowest BCUT2D eigenvalue weighted by molar-refractivity contribution is 0.0696. The Balaban J connectivity index is 2.27. The Morgan fingerprint density at radius 2 is 1.86 bits per heavy atom. The summed E-state index contributed by atoms with van der Waals surface area (Å²) >= 11 is 3.30. The predicted octanol–water partition coefficient (Wildman–Crippen LogP) is 3.41. The number of carboxylic acids is 1. The lowest BCUT2D eigenvalue weighted by Gasteiger charge is -2.10. The number of aryl methyl sites for hydroxylation is 1. The van der Waals surface area contributed by atoms with Gasteiger partial charge in [0.1, 0.15) is 5.75 Å². The van der Waals surface area contributed by atoms with E-state index in [-0.39, 0.29) is 22.9 Å². The standard InChI is InChI=1S/C15H12BrNO4/c1-8-2-4-10(16)7-11(8)14(19)17-12-5-3-9(15(20)21)6-13(12)18/h2-7,18H,1H3,(H,17,19)(H,20,21). The average molecular weight is 350 g/mol. The molecule has 0 unspecified atom stereocenters. The molecule has 2 rings (SSSR count). The number of halogens is 1. The van der Waals surface area contributed by atoms with E-state index in [1.54, 1.807) is 19.1 Å². The van der Waals surface area contributed by atoms with Gasteiger partial charge in [-0.2, -0.15) is 0 Å². The Hall–Kier alpha value is -2.34. The Bertz CT molecular complexity index is 728. The van der Waals surface area contributed by atoms with Crippen LogP contribution in [0.1, 0.15) is 26.3 Å². The third kappa shape index (κ3) is 3.41. The molecule has 3 N–H and O–H groups in total. The number of hydrogen-bond donors (Lipinski definition) is 3. The predicted molar refractivity (Wildman–Crippen MR) is 81.9 cm³/mol.